The maximum atomic E-state index is 12.2. The van der Waals surface area contributed by atoms with Crippen LogP contribution < -0.4 is 10.0 Å². The predicted octanol–water partition coefficient (Wildman–Crippen LogP) is 0.700. The lowest BCUT2D eigenvalue weighted by atomic mass is 10.2. The van der Waals surface area contributed by atoms with Crippen molar-refractivity contribution < 1.29 is 12.9 Å². The van der Waals surface area contributed by atoms with Gasteiger partial charge in [0.2, 0.25) is 16.4 Å². The summed E-state index contributed by atoms with van der Waals surface area (Å²) in [5.41, 5.74) is 0.929. The molecule has 114 valence electrons. The first kappa shape index (κ1) is 15.6. The van der Waals surface area contributed by atoms with Crippen LogP contribution in [0.4, 0.5) is 0 Å². The molecule has 2 aromatic rings. The van der Waals surface area contributed by atoms with Crippen LogP contribution in [0, 0.1) is 0 Å². The van der Waals surface area contributed by atoms with Gasteiger partial charge in [0, 0.05) is 19.5 Å². The van der Waals surface area contributed by atoms with Crippen LogP contribution in [0.25, 0.3) is 0 Å². The summed E-state index contributed by atoms with van der Waals surface area (Å²) in [4.78, 5) is 4.09. The van der Waals surface area contributed by atoms with Gasteiger partial charge >= 0.3 is 0 Å². The molecule has 21 heavy (non-hydrogen) atoms. The molecule has 1 heterocycles. The zero-order valence-electron chi connectivity index (χ0n) is 11.7. The van der Waals surface area contributed by atoms with Crippen LogP contribution in [0.5, 0.6) is 0 Å². The topological polar surface area (TPSA) is 97.1 Å². The third-order valence-electron chi connectivity index (χ3n) is 2.84. The zero-order valence-corrected chi connectivity index (χ0v) is 12.6. The summed E-state index contributed by atoms with van der Waals surface area (Å²) < 4.78 is 31.5. The van der Waals surface area contributed by atoms with Crippen molar-refractivity contribution in [2.45, 2.75) is 24.8 Å². The second-order valence-corrected chi connectivity index (χ2v) is 6.19. The minimum atomic E-state index is -3.52. The molecule has 1 aromatic carbocycles. The van der Waals surface area contributed by atoms with Crippen molar-refractivity contribution in [1.82, 2.24) is 20.2 Å². The van der Waals surface area contributed by atoms with Crippen LogP contribution in [0.15, 0.2) is 40.1 Å². The first-order valence-electron chi connectivity index (χ1n) is 6.66. The summed E-state index contributed by atoms with van der Waals surface area (Å²) in [7, 11) is -3.52. The van der Waals surface area contributed by atoms with Gasteiger partial charge in [0.15, 0.2) is 5.82 Å². The molecule has 0 fully saturated rings. The number of benzene rings is 1. The minimum Gasteiger partial charge on any atom is -0.343 e. The van der Waals surface area contributed by atoms with Gasteiger partial charge in [0.1, 0.15) is 0 Å². The van der Waals surface area contributed by atoms with Gasteiger partial charge in [-0.15, -0.1) is 0 Å². The van der Waals surface area contributed by atoms with Crippen LogP contribution in [-0.4, -0.2) is 31.6 Å². The summed E-state index contributed by atoms with van der Waals surface area (Å²) in [6.07, 6.45) is 1.60. The van der Waals surface area contributed by atoms with Crippen molar-refractivity contribution in [3.8, 4) is 0 Å². The summed E-state index contributed by atoms with van der Waals surface area (Å²) in [5.74, 6) is 0.471. The first-order chi connectivity index (χ1) is 10.1. The lowest BCUT2D eigenvalue weighted by Crippen LogP contribution is -2.26. The number of nitrogens with zero attached hydrogens (tertiary/aromatic N) is 2. The minimum absolute atomic E-state index is 0.222. The highest BCUT2D eigenvalue weighted by Crippen LogP contribution is 2.11. The molecule has 2 rings (SSSR count). The van der Waals surface area contributed by atoms with Crippen molar-refractivity contribution in [1.29, 1.82) is 0 Å². The van der Waals surface area contributed by atoms with E-state index in [9.17, 15) is 8.42 Å². The molecule has 0 aliphatic rings. The SMILES string of the molecule is CCNCc1cccc(S(=O)(=O)NCCc2ncon2)c1. The van der Waals surface area contributed by atoms with Gasteiger partial charge in [0.25, 0.3) is 0 Å². The number of rotatable bonds is 8. The molecule has 0 radical (unpaired) electrons. The van der Waals surface area contributed by atoms with Crippen molar-refractivity contribution in [2.24, 2.45) is 0 Å². The van der Waals surface area contributed by atoms with Gasteiger partial charge in [-0.3, -0.25) is 0 Å². The van der Waals surface area contributed by atoms with Gasteiger partial charge in [-0.1, -0.05) is 24.2 Å². The fourth-order valence-electron chi connectivity index (χ4n) is 1.78. The molecule has 7 nitrogen and oxygen atoms in total. The van der Waals surface area contributed by atoms with Crippen LogP contribution in [0.1, 0.15) is 18.3 Å². The van der Waals surface area contributed by atoms with Crippen LogP contribution in [0.2, 0.25) is 0 Å². The number of nitrogens with one attached hydrogen (secondary N) is 2. The Morgan fingerprint density at radius 2 is 2.19 bits per heavy atom. The Morgan fingerprint density at radius 3 is 2.90 bits per heavy atom. The van der Waals surface area contributed by atoms with Gasteiger partial charge in [-0.25, -0.2) is 13.1 Å². The Balaban J connectivity index is 1.98. The molecule has 0 saturated heterocycles. The predicted molar refractivity (Wildman–Crippen MR) is 77.0 cm³/mol. The van der Waals surface area contributed by atoms with Crippen LogP contribution in [-0.2, 0) is 23.0 Å². The van der Waals surface area contributed by atoms with Crippen molar-refractivity contribution in [3.05, 3.63) is 42.0 Å². The highest BCUT2D eigenvalue weighted by molar-refractivity contribution is 7.89. The third-order valence-corrected chi connectivity index (χ3v) is 4.29. The maximum absolute atomic E-state index is 12.2. The molecule has 8 heteroatoms. The van der Waals surface area contributed by atoms with Crippen LogP contribution >= 0.6 is 0 Å². The molecule has 1 aromatic heterocycles. The molecule has 0 aliphatic heterocycles. The summed E-state index contributed by atoms with van der Waals surface area (Å²) in [6.45, 7) is 3.70. The molecule has 0 atom stereocenters. The van der Waals surface area contributed by atoms with E-state index < -0.39 is 10.0 Å². The highest BCUT2D eigenvalue weighted by atomic mass is 32.2. The Morgan fingerprint density at radius 1 is 1.33 bits per heavy atom. The number of sulfonamides is 1. The van der Waals surface area contributed by atoms with Gasteiger partial charge < -0.3 is 9.84 Å². The zero-order chi connectivity index (χ0) is 15.1. The van der Waals surface area contributed by atoms with Crippen molar-refractivity contribution in [2.75, 3.05) is 13.1 Å². The molecule has 0 spiro atoms. The van der Waals surface area contributed by atoms with Gasteiger partial charge in [-0.05, 0) is 24.2 Å². The van der Waals surface area contributed by atoms with E-state index in [1.807, 2.05) is 13.0 Å². The van der Waals surface area contributed by atoms with Crippen molar-refractivity contribution >= 4 is 10.0 Å². The lowest BCUT2D eigenvalue weighted by molar-refractivity contribution is 0.410. The number of hydrogen-bond donors (Lipinski definition) is 2. The lowest BCUT2D eigenvalue weighted by Gasteiger charge is -2.08. The van der Waals surface area contributed by atoms with Gasteiger partial charge in [0.05, 0.1) is 4.90 Å². The second-order valence-electron chi connectivity index (χ2n) is 4.42. The van der Waals surface area contributed by atoms with E-state index >= 15 is 0 Å². The second kappa shape index (κ2) is 7.30. The third kappa shape index (κ3) is 4.62. The smallest absolute Gasteiger partial charge is 0.240 e. The molecule has 0 unspecified atom stereocenters. The monoisotopic (exact) mass is 310 g/mol. The highest BCUT2D eigenvalue weighted by Gasteiger charge is 2.14. The summed E-state index contributed by atoms with van der Waals surface area (Å²) in [5, 5.41) is 6.79. The quantitative estimate of drug-likeness (QED) is 0.745. The largest absolute Gasteiger partial charge is 0.343 e. The molecule has 2 N–H and O–H groups in total. The fraction of sp³-hybridized carbons (Fsp3) is 0.385. The average molecular weight is 310 g/mol. The first-order valence-corrected chi connectivity index (χ1v) is 8.14. The molecule has 0 saturated carbocycles. The molecular weight excluding hydrogens is 292 g/mol. The Labute approximate surface area is 123 Å². The number of hydrogen-bond acceptors (Lipinski definition) is 6. The van der Waals surface area contributed by atoms with E-state index in [-0.39, 0.29) is 11.4 Å². The molecular formula is C13H18N4O3S. The summed E-state index contributed by atoms with van der Waals surface area (Å²) in [6, 6.07) is 6.87. The molecule has 0 bridgehead atoms. The average Bonchev–Trinajstić information content (AvgIpc) is 2.98. The Kier molecular flexibility index (Phi) is 5.43. The summed E-state index contributed by atoms with van der Waals surface area (Å²) >= 11 is 0. The van der Waals surface area contributed by atoms with E-state index in [1.54, 1.807) is 18.2 Å². The Bertz CT molecular complexity index is 656. The number of aromatic nitrogens is 2. The normalized spacial score (nSPS) is 11.7. The van der Waals surface area contributed by atoms with E-state index in [2.05, 4.69) is 24.7 Å². The van der Waals surface area contributed by atoms with Crippen LogP contribution in [0.3, 0.4) is 0 Å². The van der Waals surface area contributed by atoms with E-state index in [4.69, 9.17) is 0 Å². The van der Waals surface area contributed by atoms with E-state index in [0.717, 1.165) is 12.1 Å². The van der Waals surface area contributed by atoms with E-state index in [0.29, 0.717) is 18.8 Å². The fourth-order valence-corrected chi connectivity index (χ4v) is 2.88. The maximum Gasteiger partial charge on any atom is 0.240 e. The van der Waals surface area contributed by atoms with Crippen molar-refractivity contribution in [3.63, 3.8) is 0 Å². The van der Waals surface area contributed by atoms with Gasteiger partial charge in [-0.2, -0.15) is 4.98 Å². The molecule has 0 aliphatic carbocycles. The molecule has 0 amide bonds. The van der Waals surface area contributed by atoms with E-state index in [1.165, 1.54) is 6.39 Å². The Hall–Kier alpha value is -1.77. The standard InChI is InChI=1S/C13H18N4O3S/c1-2-14-9-11-4-3-5-12(8-11)21(18,19)16-7-6-13-15-10-20-17-13/h3-5,8,10,14,16H,2,6-7,9H2,1H3.